The van der Waals surface area contributed by atoms with Crippen LogP contribution in [-0.2, 0) is 0 Å². The molecule has 0 aliphatic carbocycles. The predicted octanol–water partition coefficient (Wildman–Crippen LogP) is 17.9. The fourth-order valence-electron chi connectivity index (χ4n) is 6.37. The van der Waals surface area contributed by atoms with E-state index in [-0.39, 0.29) is 0 Å². The van der Waals surface area contributed by atoms with Gasteiger partial charge in [-0.15, -0.1) is 0 Å². The maximum atomic E-state index is 5.31. The monoisotopic (exact) mass is 1760 g/mol. The van der Waals surface area contributed by atoms with Gasteiger partial charge in [-0.05, 0) is 255 Å². The van der Waals surface area contributed by atoms with Gasteiger partial charge in [0.25, 0.3) is 0 Å². The van der Waals surface area contributed by atoms with Crippen LogP contribution in [0.15, 0.2) is 91.5 Å². The van der Waals surface area contributed by atoms with Crippen LogP contribution in [0.3, 0.4) is 0 Å². The molecule has 1 aliphatic heterocycles. The van der Waals surface area contributed by atoms with Gasteiger partial charge in [0.15, 0.2) is 0 Å². The predicted molar refractivity (Wildman–Crippen MR) is 280 cm³/mol. The number of hydrogen-bond acceptors (Lipinski definition) is 4. The second kappa shape index (κ2) is 15.9. The SMILES string of the molecule is Brc1c(Br)c(Br)c2c3[nH]c(c2c1Br)N=c1[nH]c(c2c(Br)c(Br)c(Br)c(Br)c12)=Nc1[nH]c(c2c(Br)c(Br)c(Br)c(Br)c12)N=c1[nH]c(c2c(Br)c(Br)c(Br)c(Br)c12)=N3. The Hall–Kier alpha value is 1.92. The van der Waals surface area contributed by atoms with Crippen molar-refractivity contribution in [3.05, 3.63) is 93.5 Å². The normalized spacial score (nSPS) is 12.9. The lowest BCUT2D eigenvalue weighted by atomic mass is 10.2. The number of hydrogen-bond donors (Lipinski definition) is 4. The van der Waals surface area contributed by atoms with E-state index in [9.17, 15) is 0 Å². The van der Waals surface area contributed by atoms with E-state index in [1.807, 2.05) is 0 Å². The molecular weight excluding hydrogens is 1770 g/mol. The van der Waals surface area contributed by atoms with Crippen LogP contribution >= 0.6 is 255 Å². The molecule has 4 aromatic heterocycles. The molecule has 284 valence electrons. The molecule has 0 spiro atoms. The van der Waals surface area contributed by atoms with Gasteiger partial charge in [-0.25, -0.2) is 20.0 Å². The molecule has 0 atom stereocenters. The zero-order chi connectivity index (χ0) is 40.1. The van der Waals surface area contributed by atoms with Gasteiger partial charge in [0, 0.05) is 115 Å². The number of aromatic amines is 4. The summed E-state index contributed by atoms with van der Waals surface area (Å²) >= 11 is 61.0. The van der Waals surface area contributed by atoms with Crippen LogP contribution in [0.2, 0.25) is 0 Å². The number of nitrogens with one attached hydrogen (secondary N) is 4. The number of H-pyrrole nitrogens is 4. The quantitative estimate of drug-likeness (QED) is 0.0856. The van der Waals surface area contributed by atoms with Gasteiger partial charge in [0.05, 0.1) is 0 Å². The highest BCUT2D eigenvalue weighted by Crippen LogP contribution is 2.52. The molecule has 8 nitrogen and oxygen atoms in total. The number of halogens is 16. The highest BCUT2D eigenvalue weighted by atomic mass is 79.9. The van der Waals surface area contributed by atoms with Gasteiger partial charge in [-0.2, -0.15) is 0 Å². The molecular formula is C32H4Br16N8. The van der Waals surface area contributed by atoms with Crippen molar-refractivity contribution in [1.82, 2.24) is 19.9 Å². The molecule has 8 aromatic rings. The summed E-state index contributed by atoms with van der Waals surface area (Å²) in [6.45, 7) is 0. The first-order chi connectivity index (χ1) is 26.4. The van der Waals surface area contributed by atoms with Gasteiger partial charge in [-0.1, -0.05) is 0 Å². The van der Waals surface area contributed by atoms with Gasteiger partial charge in [0.1, 0.15) is 45.2 Å². The lowest BCUT2D eigenvalue weighted by molar-refractivity contribution is 1.08. The van der Waals surface area contributed by atoms with Gasteiger partial charge in [0.2, 0.25) is 0 Å². The van der Waals surface area contributed by atoms with Crippen molar-refractivity contribution in [2.24, 2.45) is 20.0 Å². The summed E-state index contributed by atoms with van der Waals surface area (Å²) < 4.78 is 12.5. The van der Waals surface area contributed by atoms with Crippen molar-refractivity contribution in [2.75, 3.05) is 0 Å². The Morgan fingerprint density at radius 1 is 0.196 bits per heavy atom. The van der Waals surface area contributed by atoms with E-state index in [1.165, 1.54) is 0 Å². The highest BCUT2D eigenvalue weighted by molar-refractivity contribution is 9.17. The third-order valence-corrected chi connectivity index (χ3v) is 27.9. The van der Waals surface area contributed by atoms with E-state index in [2.05, 4.69) is 275 Å². The summed E-state index contributed by atoms with van der Waals surface area (Å²) in [4.78, 5) is 35.4. The summed E-state index contributed by atoms with van der Waals surface area (Å²) in [6, 6.07) is 0. The van der Waals surface area contributed by atoms with E-state index >= 15 is 0 Å². The minimum atomic E-state index is 0.529. The van der Waals surface area contributed by atoms with E-state index in [1.54, 1.807) is 0 Å². The molecule has 1 aliphatic rings. The summed E-state index contributed by atoms with van der Waals surface area (Å²) in [6.07, 6.45) is 0. The average Bonchev–Trinajstić information content (AvgIpc) is 3.92. The van der Waals surface area contributed by atoms with Crippen LogP contribution in [0.5, 0.6) is 0 Å². The van der Waals surface area contributed by atoms with Crippen LogP contribution in [-0.4, -0.2) is 19.9 Å². The first kappa shape index (κ1) is 43.2. The Kier molecular flexibility index (Phi) is 12.2. The molecule has 0 saturated heterocycles. The van der Waals surface area contributed by atoms with Crippen LogP contribution in [0.25, 0.3) is 43.1 Å². The minimum Gasteiger partial charge on any atom is -0.324 e. The molecule has 0 fully saturated rings. The second-order valence-electron chi connectivity index (χ2n) is 11.8. The maximum absolute atomic E-state index is 5.31. The summed E-state index contributed by atoms with van der Waals surface area (Å²) in [5.41, 5.74) is 2.12. The molecule has 8 bridgehead atoms. The molecule has 0 radical (unpaired) electrons. The van der Waals surface area contributed by atoms with Crippen molar-refractivity contribution < 1.29 is 0 Å². The zero-order valence-electron chi connectivity index (χ0n) is 25.8. The summed E-state index contributed by atoms with van der Waals surface area (Å²) in [7, 11) is 0. The van der Waals surface area contributed by atoms with E-state index in [0.29, 0.717) is 45.2 Å². The highest BCUT2D eigenvalue weighted by Gasteiger charge is 2.27. The number of aromatic nitrogens is 4. The molecule has 4 N–H and O–H groups in total. The molecule has 4 aromatic carbocycles. The van der Waals surface area contributed by atoms with Crippen LogP contribution in [0.1, 0.15) is 0 Å². The topological polar surface area (TPSA) is 113 Å². The average molecular weight is 1780 g/mol. The first-order valence-electron chi connectivity index (χ1n) is 14.8. The van der Waals surface area contributed by atoms with Gasteiger partial charge >= 0.3 is 0 Å². The summed E-state index contributed by atoms with van der Waals surface area (Å²) in [5.74, 6) is 2.12. The Morgan fingerprint density at radius 3 is 0.536 bits per heavy atom. The van der Waals surface area contributed by atoms with Crippen LogP contribution in [0.4, 0.5) is 23.3 Å². The Labute approximate surface area is 447 Å². The van der Waals surface area contributed by atoms with Gasteiger partial charge in [-0.3, -0.25) is 0 Å². The Bertz CT molecular complexity index is 3010. The number of benzene rings is 4. The number of rotatable bonds is 0. The smallest absolute Gasteiger partial charge is 0.143 e. The minimum absolute atomic E-state index is 0.529. The second-order valence-corrected chi connectivity index (χ2v) is 24.4. The molecule has 5 heterocycles. The van der Waals surface area contributed by atoms with E-state index < -0.39 is 0 Å². The van der Waals surface area contributed by atoms with E-state index in [0.717, 1.165) is 115 Å². The van der Waals surface area contributed by atoms with Crippen molar-refractivity contribution >= 4 is 321 Å². The van der Waals surface area contributed by atoms with E-state index in [4.69, 9.17) is 20.0 Å². The lowest BCUT2D eigenvalue weighted by Gasteiger charge is -2.07. The standard InChI is InChI=1S/C32H4Br16N8/c33-9-1-2(10(34)18(42)17(9)41)26-49-25(1)53-27-3-4(12(36)20(44)19(43)11(3)35)29(50-27)55-31-7-8(16(40)24(48)23(47)15(7)39)32(52-31)56-30-6-5(28(51-30)54-26)13(37)21(45)22(46)14(6)38/h(H4,49,50,51,52,53,54,55,56). The molecule has 56 heavy (non-hydrogen) atoms. The van der Waals surface area contributed by atoms with Crippen LogP contribution < -0.4 is 22.0 Å². The maximum Gasteiger partial charge on any atom is 0.143 e. The number of fused-ring (bicyclic) bond motifs is 20. The van der Waals surface area contributed by atoms with Crippen molar-refractivity contribution in [2.45, 2.75) is 0 Å². The van der Waals surface area contributed by atoms with Crippen molar-refractivity contribution in [3.8, 4) is 0 Å². The van der Waals surface area contributed by atoms with Crippen LogP contribution in [0, 0.1) is 0 Å². The largest absolute Gasteiger partial charge is 0.324 e. The third kappa shape index (κ3) is 6.43. The summed E-state index contributed by atoms with van der Waals surface area (Å²) in [5, 5.41) is 6.20. The molecule has 9 rings (SSSR count). The molecule has 0 unspecified atom stereocenters. The Morgan fingerprint density at radius 2 is 0.357 bits per heavy atom. The molecule has 24 heteroatoms. The van der Waals surface area contributed by atoms with Crippen molar-refractivity contribution in [3.63, 3.8) is 0 Å². The fraction of sp³-hybridized carbons (Fsp3) is 0. The third-order valence-electron chi connectivity index (χ3n) is 8.80. The Balaban J connectivity index is 1.62. The van der Waals surface area contributed by atoms with Gasteiger partial charge < -0.3 is 19.9 Å². The molecule has 0 amide bonds. The van der Waals surface area contributed by atoms with Crippen molar-refractivity contribution in [1.29, 1.82) is 0 Å². The lowest BCUT2D eigenvalue weighted by Crippen LogP contribution is -2.10. The number of nitrogens with zero attached hydrogens (tertiary/aromatic N) is 4. The molecule has 0 saturated carbocycles. The first-order valence-corrected chi connectivity index (χ1v) is 27.5. The fourth-order valence-corrected chi connectivity index (χ4v) is 16.3. The zero-order valence-corrected chi connectivity index (χ0v) is 51.2.